The summed E-state index contributed by atoms with van der Waals surface area (Å²) in [5.74, 6) is 1.02. The molecule has 0 aliphatic heterocycles. The molecule has 5 heteroatoms. The number of hydrogen-bond donors (Lipinski definition) is 1. The van der Waals surface area contributed by atoms with Crippen molar-refractivity contribution in [1.29, 1.82) is 0 Å². The van der Waals surface area contributed by atoms with Crippen molar-refractivity contribution in [1.82, 2.24) is 19.6 Å². The summed E-state index contributed by atoms with van der Waals surface area (Å²) < 4.78 is 2.00. The molecular formula is C11H17N5. The van der Waals surface area contributed by atoms with E-state index in [-0.39, 0.29) is 0 Å². The third-order valence-electron chi connectivity index (χ3n) is 2.64. The molecule has 0 amide bonds. The fourth-order valence-corrected chi connectivity index (χ4v) is 1.75. The van der Waals surface area contributed by atoms with E-state index in [9.17, 15) is 0 Å². The molecule has 0 aliphatic rings. The van der Waals surface area contributed by atoms with Crippen LogP contribution in [0.5, 0.6) is 0 Å². The molecule has 2 rings (SSSR count). The normalized spacial score (nSPS) is 11.1. The van der Waals surface area contributed by atoms with E-state index in [1.165, 1.54) is 12.8 Å². The Morgan fingerprint density at radius 3 is 2.88 bits per heavy atom. The van der Waals surface area contributed by atoms with Crippen LogP contribution in [0.25, 0.3) is 5.65 Å². The van der Waals surface area contributed by atoms with E-state index in [2.05, 4.69) is 15.2 Å². The third-order valence-corrected chi connectivity index (χ3v) is 2.64. The molecule has 5 nitrogen and oxygen atoms in total. The largest absolute Gasteiger partial charge is 0.330 e. The van der Waals surface area contributed by atoms with Gasteiger partial charge in [0.15, 0.2) is 5.65 Å². The van der Waals surface area contributed by atoms with Gasteiger partial charge in [-0.15, -0.1) is 10.2 Å². The molecule has 0 spiro atoms. The summed E-state index contributed by atoms with van der Waals surface area (Å²) in [4.78, 5) is 4.01. The zero-order chi connectivity index (χ0) is 11.2. The first kappa shape index (κ1) is 11.0. The smallest absolute Gasteiger partial charge is 0.179 e. The second-order valence-corrected chi connectivity index (χ2v) is 3.87. The number of hydrogen-bond acceptors (Lipinski definition) is 4. The summed E-state index contributed by atoms with van der Waals surface area (Å²) in [5, 5.41) is 8.23. The van der Waals surface area contributed by atoms with Gasteiger partial charge in [-0.3, -0.25) is 9.38 Å². The first-order valence-electron chi connectivity index (χ1n) is 5.75. The predicted octanol–water partition coefficient (Wildman–Crippen LogP) is 1.19. The SMILES string of the molecule is NCCCCCCc1nnc2cnccn12. The minimum atomic E-state index is 0.791. The molecule has 16 heavy (non-hydrogen) atoms. The zero-order valence-corrected chi connectivity index (χ0v) is 9.34. The first-order chi connectivity index (χ1) is 7.92. The Morgan fingerprint density at radius 2 is 2.00 bits per heavy atom. The quantitative estimate of drug-likeness (QED) is 0.741. The van der Waals surface area contributed by atoms with E-state index >= 15 is 0 Å². The van der Waals surface area contributed by atoms with Crippen molar-refractivity contribution in [3.63, 3.8) is 0 Å². The Morgan fingerprint density at radius 1 is 1.12 bits per heavy atom. The van der Waals surface area contributed by atoms with Crippen molar-refractivity contribution in [3.8, 4) is 0 Å². The maximum atomic E-state index is 5.45. The van der Waals surface area contributed by atoms with Crippen LogP contribution >= 0.6 is 0 Å². The van der Waals surface area contributed by atoms with Gasteiger partial charge in [-0.05, 0) is 19.4 Å². The van der Waals surface area contributed by atoms with Gasteiger partial charge in [0.2, 0.25) is 0 Å². The van der Waals surface area contributed by atoms with Crippen molar-refractivity contribution in [2.24, 2.45) is 5.73 Å². The van der Waals surface area contributed by atoms with Crippen LogP contribution in [0.15, 0.2) is 18.6 Å². The van der Waals surface area contributed by atoms with Crippen LogP contribution in [0, 0.1) is 0 Å². The highest BCUT2D eigenvalue weighted by Crippen LogP contribution is 2.07. The highest BCUT2D eigenvalue weighted by molar-refractivity contribution is 5.33. The Balaban J connectivity index is 1.89. The lowest BCUT2D eigenvalue weighted by Crippen LogP contribution is -1.99. The van der Waals surface area contributed by atoms with Gasteiger partial charge in [-0.25, -0.2) is 0 Å². The number of unbranched alkanes of at least 4 members (excludes halogenated alkanes) is 3. The Kier molecular flexibility index (Phi) is 3.82. The van der Waals surface area contributed by atoms with E-state index in [1.807, 2.05) is 10.6 Å². The molecular weight excluding hydrogens is 202 g/mol. The second-order valence-electron chi connectivity index (χ2n) is 3.87. The average Bonchev–Trinajstić information content (AvgIpc) is 2.73. The first-order valence-corrected chi connectivity index (χ1v) is 5.75. The van der Waals surface area contributed by atoms with Gasteiger partial charge in [0.05, 0.1) is 6.20 Å². The van der Waals surface area contributed by atoms with Crippen LogP contribution in [0.4, 0.5) is 0 Å². The van der Waals surface area contributed by atoms with Crippen LogP contribution in [0.2, 0.25) is 0 Å². The minimum Gasteiger partial charge on any atom is -0.330 e. The molecule has 2 aromatic rings. The fraction of sp³-hybridized carbons (Fsp3) is 0.545. The van der Waals surface area contributed by atoms with Crippen molar-refractivity contribution < 1.29 is 0 Å². The highest BCUT2D eigenvalue weighted by Gasteiger charge is 2.03. The maximum Gasteiger partial charge on any atom is 0.179 e. The molecule has 0 aromatic carbocycles. The molecule has 0 bridgehead atoms. The van der Waals surface area contributed by atoms with Crippen LogP contribution in [0.1, 0.15) is 31.5 Å². The number of nitrogens with two attached hydrogens (primary N) is 1. The number of aryl methyl sites for hydroxylation is 1. The summed E-state index contributed by atoms with van der Waals surface area (Å²) in [5.41, 5.74) is 6.27. The Labute approximate surface area is 94.7 Å². The van der Waals surface area contributed by atoms with E-state index in [1.54, 1.807) is 12.4 Å². The fourth-order valence-electron chi connectivity index (χ4n) is 1.75. The lowest BCUT2D eigenvalue weighted by atomic mass is 10.1. The molecule has 0 unspecified atom stereocenters. The molecule has 0 radical (unpaired) electrons. The summed E-state index contributed by atoms with van der Waals surface area (Å²) in [7, 11) is 0. The van der Waals surface area contributed by atoms with Gasteiger partial charge in [0.1, 0.15) is 5.82 Å². The van der Waals surface area contributed by atoms with Crippen LogP contribution in [-0.2, 0) is 6.42 Å². The average molecular weight is 219 g/mol. The van der Waals surface area contributed by atoms with Gasteiger partial charge in [-0.1, -0.05) is 12.8 Å². The van der Waals surface area contributed by atoms with E-state index in [4.69, 9.17) is 5.73 Å². The Hall–Kier alpha value is -1.49. The van der Waals surface area contributed by atoms with Gasteiger partial charge in [0, 0.05) is 18.8 Å². The third kappa shape index (κ3) is 2.55. The molecule has 0 saturated carbocycles. The molecule has 2 aromatic heterocycles. The van der Waals surface area contributed by atoms with Crippen molar-refractivity contribution in [2.75, 3.05) is 6.54 Å². The molecule has 86 valence electrons. The summed E-state index contributed by atoms with van der Waals surface area (Å²) in [6.07, 6.45) is 11.0. The zero-order valence-electron chi connectivity index (χ0n) is 9.34. The summed E-state index contributed by atoms with van der Waals surface area (Å²) >= 11 is 0. The van der Waals surface area contributed by atoms with Gasteiger partial charge in [-0.2, -0.15) is 0 Å². The predicted molar refractivity (Wildman–Crippen MR) is 62.0 cm³/mol. The van der Waals surface area contributed by atoms with Crippen LogP contribution in [0.3, 0.4) is 0 Å². The monoisotopic (exact) mass is 219 g/mol. The van der Waals surface area contributed by atoms with Crippen LogP contribution in [-0.4, -0.2) is 26.1 Å². The highest BCUT2D eigenvalue weighted by atomic mass is 15.2. The van der Waals surface area contributed by atoms with Gasteiger partial charge < -0.3 is 5.73 Å². The van der Waals surface area contributed by atoms with Gasteiger partial charge >= 0.3 is 0 Å². The maximum absolute atomic E-state index is 5.45. The lowest BCUT2D eigenvalue weighted by molar-refractivity contribution is 0.633. The van der Waals surface area contributed by atoms with Crippen LogP contribution < -0.4 is 5.73 Å². The number of rotatable bonds is 6. The van der Waals surface area contributed by atoms with E-state index in [0.29, 0.717) is 0 Å². The molecule has 0 aliphatic carbocycles. The molecule has 2 heterocycles. The van der Waals surface area contributed by atoms with Crippen molar-refractivity contribution in [3.05, 3.63) is 24.4 Å². The van der Waals surface area contributed by atoms with E-state index < -0.39 is 0 Å². The topological polar surface area (TPSA) is 69.1 Å². The number of nitrogens with zero attached hydrogens (tertiary/aromatic N) is 4. The standard InChI is InChI=1S/C11H17N5/c12-6-4-2-1-3-5-10-14-15-11-9-13-7-8-16(10)11/h7-9H,1-6,12H2. The molecule has 0 fully saturated rings. The minimum absolute atomic E-state index is 0.791. The summed E-state index contributed by atoms with van der Waals surface area (Å²) in [6.45, 7) is 0.791. The Bertz CT molecular complexity index is 437. The van der Waals surface area contributed by atoms with Gasteiger partial charge in [0.25, 0.3) is 0 Å². The van der Waals surface area contributed by atoms with E-state index in [0.717, 1.165) is 37.3 Å². The molecule has 2 N–H and O–H groups in total. The molecule has 0 atom stereocenters. The van der Waals surface area contributed by atoms with Crippen molar-refractivity contribution >= 4 is 5.65 Å². The molecule has 0 saturated heterocycles. The number of fused-ring (bicyclic) bond motifs is 1. The lowest BCUT2D eigenvalue weighted by Gasteiger charge is -1.99. The summed E-state index contributed by atoms with van der Waals surface area (Å²) in [6, 6.07) is 0. The van der Waals surface area contributed by atoms with Crippen molar-refractivity contribution in [2.45, 2.75) is 32.1 Å². The second kappa shape index (κ2) is 5.55. The number of aromatic nitrogens is 4.